The van der Waals surface area contributed by atoms with Crippen molar-refractivity contribution < 1.29 is 18.0 Å². The molecule has 14 heteroatoms. The SMILES string of the molecule is O=C(Nc1cnc(N2CCNCC2)c(Cl)c1)Nc1cnc2cc(Cl)nn2c1C1(C(F)(F)F)CC1. The fourth-order valence-electron chi connectivity index (χ4n) is 4.13. The zero-order valence-electron chi connectivity index (χ0n) is 17.6. The minimum absolute atomic E-state index is 0.00128. The van der Waals surface area contributed by atoms with Gasteiger partial charge in [-0.05, 0) is 18.9 Å². The molecule has 0 aromatic carbocycles. The number of urea groups is 1. The molecular formula is C20H19Cl2F3N8O. The monoisotopic (exact) mass is 514 g/mol. The first-order valence-electron chi connectivity index (χ1n) is 10.5. The summed E-state index contributed by atoms with van der Waals surface area (Å²) in [6.45, 7) is 3.11. The maximum atomic E-state index is 14.0. The molecule has 1 saturated carbocycles. The highest BCUT2D eigenvalue weighted by Gasteiger charge is 2.66. The second-order valence-corrected chi connectivity index (χ2v) is 8.98. The Hall–Kier alpha value is -2.83. The molecule has 34 heavy (non-hydrogen) atoms. The van der Waals surface area contributed by atoms with Crippen LogP contribution >= 0.6 is 23.2 Å². The zero-order valence-corrected chi connectivity index (χ0v) is 19.1. The number of nitrogens with zero attached hydrogens (tertiary/aromatic N) is 5. The molecule has 3 N–H and O–H groups in total. The number of carbonyl (C=O) groups excluding carboxylic acids is 1. The van der Waals surface area contributed by atoms with Crippen LogP contribution in [0.1, 0.15) is 18.5 Å². The van der Waals surface area contributed by atoms with Gasteiger partial charge in [0.05, 0.1) is 34.5 Å². The average Bonchev–Trinajstić information content (AvgIpc) is 3.50. The van der Waals surface area contributed by atoms with Crippen LogP contribution in [0.4, 0.5) is 35.2 Å². The largest absolute Gasteiger partial charge is 0.400 e. The molecule has 0 radical (unpaired) electrons. The van der Waals surface area contributed by atoms with Gasteiger partial charge >= 0.3 is 12.2 Å². The van der Waals surface area contributed by atoms with Crippen molar-refractivity contribution in [2.75, 3.05) is 41.7 Å². The summed E-state index contributed by atoms with van der Waals surface area (Å²) in [5.74, 6) is 0.600. The van der Waals surface area contributed by atoms with Crippen molar-refractivity contribution in [3.63, 3.8) is 0 Å². The van der Waals surface area contributed by atoms with Crippen LogP contribution in [0.2, 0.25) is 10.2 Å². The van der Waals surface area contributed by atoms with Gasteiger partial charge < -0.3 is 20.9 Å². The van der Waals surface area contributed by atoms with Crippen molar-refractivity contribution in [3.05, 3.63) is 40.4 Å². The third-order valence-corrected chi connectivity index (χ3v) is 6.41. The van der Waals surface area contributed by atoms with Crippen LogP contribution in [0.3, 0.4) is 0 Å². The van der Waals surface area contributed by atoms with Crippen LogP contribution in [0.5, 0.6) is 0 Å². The Morgan fingerprint density at radius 2 is 1.82 bits per heavy atom. The summed E-state index contributed by atoms with van der Waals surface area (Å²) in [6, 6.07) is 2.13. The third kappa shape index (κ3) is 4.10. The number of fused-ring (bicyclic) bond motifs is 1. The van der Waals surface area contributed by atoms with Gasteiger partial charge in [-0.15, -0.1) is 0 Å². The molecule has 9 nitrogen and oxygen atoms in total. The van der Waals surface area contributed by atoms with Gasteiger partial charge in [-0.3, -0.25) is 0 Å². The number of aromatic nitrogens is 4. The molecular weight excluding hydrogens is 496 g/mol. The molecule has 2 aliphatic rings. The Kier molecular flexibility index (Phi) is 5.69. The van der Waals surface area contributed by atoms with Crippen LogP contribution < -0.4 is 20.9 Å². The van der Waals surface area contributed by atoms with Gasteiger partial charge in [0, 0.05) is 32.2 Å². The summed E-state index contributed by atoms with van der Waals surface area (Å²) in [7, 11) is 0. The summed E-state index contributed by atoms with van der Waals surface area (Å²) in [5.41, 5.74) is -2.02. The van der Waals surface area contributed by atoms with Gasteiger partial charge in [0.1, 0.15) is 11.2 Å². The first-order chi connectivity index (χ1) is 16.2. The Balaban J connectivity index is 1.40. The fraction of sp³-hybridized carbons (Fsp3) is 0.400. The molecule has 3 aromatic heterocycles. The van der Waals surface area contributed by atoms with Crippen molar-refractivity contribution in [3.8, 4) is 0 Å². The minimum atomic E-state index is -4.54. The predicted molar refractivity (Wildman–Crippen MR) is 122 cm³/mol. The number of nitrogens with one attached hydrogen (secondary N) is 3. The molecule has 0 unspecified atom stereocenters. The Bertz CT molecular complexity index is 1250. The quantitative estimate of drug-likeness (QED) is 0.485. The second kappa shape index (κ2) is 8.43. The Morgan fingerprint density at radius 3 is 2.47 bits per heavy atom. The number of alkyl halides is 3. The van der Waals surface area contributed by atoms with E-state index < -0.39 is 17.6 Å². The Labute approximate surface area is 201 Å². The van der Waals surface area contributed by atoms with Crippen LogP contribution in [0, 0.1) is 0 Å². The van der Waals surface area contributed by atoms with Crippen molar-refractivity contribution in [1.82, 2.24) is 24.9 Å². The van der Waals surface area contributed by atoms with Crippen LogP contribution in [-0.2, 0) is 5.41 Å². The number of pyridine rings is 1. The van der Waals surface area contributed by atoms with Gasteiger partial charge in [-0.1, -0.05) is 23.2 Å². The lowest BCUT2D eigenvalue weighted by atomic mass is 10.00. The van der Waals surface area contributed by atoms with Crippen LogP contribution in [-0.4, -0.2) is 58.0 Å². The highest BCUT2D eigenvalue weighted by molar-refractivity contribution is 6.33. The van der Waals surface area contributed by atoms with Gasteiger partial charge in [-0.25, -0.2) is 19.3 Å². The van der Waals surface area contributed by atoms with Crippen molar-refractivity contribution in [2.45, 2.75) is 24.4 Å². The Morgan fingerprint density at radius 1 is 1.09 bits per heavy atom. The van der Waals surface area contributed by atoms with E-state index in [-0.39, 0.29) is 40.7 Å². The second-order valence-electron chi connectivity index (χ2n) is 8.18. The van der Waals surface area contributed by atoms with Gasteiger partial charge in [0.25, 0.3) is 0 Å². The summed E-state index contributed by atoms with van der Waals surface area (Å²) < 4.78 is 42.9. The van der Waals surface area contributed by atoms with Crippen LogP contribution in [0.15, 0.2) is 24.5 Å². The fourth-order valence-corrected chi connectivity index (χ4v) is 4.59. The zero-order chi connectivity index (χ0) is 24.1. The van der Waals surface area contributed by atoms with Crippen LogP contribution in [0.25, 0.3) is 5.65 Å². The van der Waals surface area contributed by atoms with Gasteiger partial charge in [0.15, 0.2) is 10.8 Å². The maximum absolute atomic E-state index is 14.0. The molecule has 180 valence electrons. The van der Waals surface area contributed by atoms with E-state index in [0.717, 1.165) is 30.7 Å². The molecule has 1 aliphatic carbocycles. The number of amides is 2. The van der Waals surface area contributed by atoms with E-state index >= 15 is 0 Å². The summed E-state index contributed by atoms with van der Waals surface area (Å²) in [6.07, 6.45) is -2.18. The number of hydrogen-bond acceptors (Lipinski definition) is 6. The summed E-state index contributed by atoms with van der Waals surface area (Å²) in [5, 5.41) is 12.6. The average molecular weight is 515 g/mol. The number of halogens is 5. The molecule has 3 aromatic rings. The molecule has 1 aliphatic heterocycles. The number of carbonyl (C=O) groups is 1. The van der Waals surface area contributed by atoms with E-state index in [9.17, 15) is 18.0 Å². The highest BCUT2D eigenvalue weighted by atomic mass is 35.5. The molecule has 1 saturated heterocycles. The summed E-state index contributed by atoms with van der Waals surface area (Å²) >= 11 is 12.3. The van der Waals surface area contributed by atoms with E-state index in [1.807, 2.05) is 4.90 Å². The first kappa shape index (κ1) is 22.9. The van der Waals surface area contributed by atoms with E-state index in [2.05, 4.69) is 31.0 Å². The third-order valence-electron chi connectivity index (χ3n) is 5.94. The molecule has 0 spiro atoms. The molecule has 0 atom stereocenters. The number of hydrogen-bond donors (Lipinski definition) is 3. The van der Waals surface area contributed by atoms with Gasteiger partial charge in [-0.2, -0.15) is 18.3 Å². The standard InChI is InChI=1S/C20H19Cl2F3N8O/c21-12-7-11(9-28-17(12)32-5-3-26-4-6-32)29-18(34)30-13-10-27-15-8-14(22)31-33(15)16(13)19(1-2-19)20(23,24)25/h7-10,26H,1-6H2,(H2,29,30,34). The smallest absolute Gasteiger partial charge is 0.353 e. The van der Waals surface area contributed by atoms with E-state index in [1.54, 1.807) is 6.07 Å². The number of anilines is 3. The van der Waals surface area contributed by atoms with Gasteiger partial charge in [0.2, 0.25) is 0 Å². The lowest BCUT2D eigenvalue weighted by Crippen LogP contribution is -2.44. The number of piperazine rings is 1. The lowest BCUT2D eigenvalue weighted by molar-refractivity contribution is -0.161. The van der Waals surface area contributed by atoms with E-state index in [1.165, 1.54) is 18.5 Å². The van der Waals surface area contributed by atoms with E-state index in [4.69, 9.17) is 23.2 Å². The molecule has 2 fully saturated rings. The molecule has 2 amide bonds. The predicted octanol–water partition coefficient (Wildman–Crippen LogP) is 4.08. The summed E-state index contributed by atoms with van der Waals surface area (Å²) in [4.78, 5) is 23.1. The van der Waals surface area contributed by atoms with Crippen molar-refractivity contribution in [2.24, 2.45) is 0 Å². The maximum Gasteiger partial charge on any atom is 0.400 e. The molecule has 5 rings (SSSR count). The first-order valence-corrected chi connectivity index (χ1v) is 11.2. The van der Waals surface area contributed by atoms with E-state index in [0.29, 0.717) is 10.8 Å². The minimum Gasteiger partial charge on any atom is -0.353 e. The topological polar surface area (TPSA) is 99.5 Å². The normalized spacial score (nSPS) is 17.6. The molecule has 4 heterocycles. The lowest BCUT2D eigenvalue weighted by Gasteiger charge is -2.29. The molecule has 0 bridgehead atoms. The van der Waals surface area contributed by atoms with Crippen molar-refractivity contribution in [1.29, 1.82) is 0 Å². The van der Waals surface area contributed by atoms with Crippen molar-refractivity contribution >= 4 is 52.1 Å². The number of rotatable bonds is 4. The highest BCUT2D eigenvalue weighted by Crippen LogP contribution is 2.60.